The van der Waals surface area contributed by atoms with Crippen LogP contribution in [0.15, 0.2) is 17.3 Å². The van der Waals surface area contributed by atoms with E-state index in [0.717, 1.165) is 24.6 Å². The van der Waals surface area contributed by atoms with Crippen molar-refractivity contribution in [1.29, 1.82) is 0 Å². The van der Waals surface area contributed by atoms with E-state index in [1.54, 1.807) is 6.20 Å². The van der Waals surface area contributed by atoms with Gasteiger partial charge in [-0.15, -0.1) is 0 Å². The van der Waals surface area contributed by atoms with Crippen LogP contribution in [0, 0.1) is 0 Å². The molecule has 1 aliphatic rings. The van der Waals surface area contributed by atoms with E-state index in [0.29, 0.717) is 0 Å². The molecule has 4 heteroatoms. The van der Waals surface area contributed by atoms with E-state index in [9.17, 15) is 0 Å². The van der Waals surface area contributed by atoms with Gasteiger partial charge in [0.2, 0.25) is 0 Å². The number of aromatic amines is 1. The van der Waals surface area contributed by atoms with Crippen LogP contribution in [-0.4, -0.2) is 29.1 Å². The summed E-state index contributed by atoms with van der Waals surface area (Å²) in [7, 11) is 0. The van der Waals surface area contributed by atoms with Gasteiger partial charge < -0.3 is 5.32 Å². The van der Waals surface area contributed by atoms with Gasteiger partial charge in [0.25, 0.3) is 0 Å². The second kappa shape index (κ2) is 2.13. The first-order valence-electron chi connectivity index (χ1n) is 3.25. The van der Waals surface area contributed by atoms with Crippen molar-refractivity contribution in [3.8, 4) is 0 Å². The smallest absolute Gasteiger partial charge is 0.149 e. The van der Waals surface area contributed by atoms with Crippen LogP contribution in [0.4, 0.5) is 0 Å². The van der Waals surface area contributed by atoms with Crippen LogP contribution >= 0.6 is 0 Å². The Bertz CT molecular complexity index is 236. The molecule has 0 fully saturated rings. The summed E-state index contributed by atoms with van der Waals surface area (Å²) in [6, 6.07) is 1.90. The lowest BCUT2D eigenvalue weighted by Crippen LogP contribution is -2.19. The normalized spacial score (nSPS) is 16.6. The molecule has 2 N–H and O–H groups in total. The standard InChI is InChI=1S/C6H8N4/c1-2-9-10-5(1)6-7-3-4-8-6/h1-2H,3-4H2,(H,7,8)(H,9,10). The minimum absolute atomic E-state index is 0.863. The first-order chi connectivity index (χ1) is 4.97. The van der Waals surface area contributed by atoms with Crippen molar-refractivity contribution in [3.63, 3.8) is 0 Å². The molecule has 0 aliphatic carbocycles. The zero-order valence-corrected chi connectivity index (χ0v) is 5.46. The molecule has 1 aromatic rings. The van der Waals surface area contributed by atoms with Crippen LogP contribution in [0.5, 0.6) is 0 Å². The van der Waals surface area contributed by atoms with Gasteiger partial charge in [0.05, 0.1) is 6.54 Å². The van der Waals surface area contributed by atoms with Crippen molar-refractivity contribution in [2.24, 2.45) is 4.99 Å². The molecule has 0 saturated heterocycles. The second-order valence-corrected chi connectivity index (χ2v) is 2.12. The average molecular weight is 136 g/mol. The number of aliphatic imine (C=N–C) groups is 1. The van der Waals surface area contributed by atoms with Gasteiger partial charge in [-0.05, 0) is 6.07 Å². The summed E-state index contributed by atoms with van der Waals surface area (Å²) in [4.78, 5) is 4.20. The molecule has 10 heavy (non-hydrogen) atoms. The van der Waals surface area contributed by atoms with E-state index in [1.807, 2.05) is 6.07 Å². The van der Waals surface area contributed by atoms with Crippen LogP contribution in [0.1, 0.15) is 5.69 Å². The highest BCUT2D eigenvalue weighted by molar-refractivity contribution is 5.97. The SMILES string of the molecule is c1cc(C2=NCCN2)n[nH]1. The number of rotatable bonds is 1. The maximum atomic E-state index is 4.20. The highest BCUT2D eigenvalue weighted by atomic mass is 15.2. The topological polar surface area (TPSA) is 53.1 Å². The molecule has 4 nitrogen and oxygen atoms in total. The summed E-state index contributed by atoms with van der Waals surface area (Å²) in [5.74, 6) is 0.904. The maximum absolute atomic E-state index is 4.20. The first kappa shape index (κ1) is 5.46. The van der Waals surface area contributed by atoms with Gasteiger partial charge in [0.1, 0.15) is 11.5 Å². The molecular formula is C6H8N4. The summed E-state index contributed by atoms with van der Waals surface area (Å²) in [5, 5.41) is 9.84. The average Bonchev–Trinajstić information content (AvgIpc) is 2.59. The van der Waals surface area contributed by atoms with Crippen LogP contribution in [0.3, 0.4) is 0 Å². The molecule has 0 unspecified atom stereocenters. The van der Waals surface area contributed by atoms with E-state index >= 15 is 0 Å². The summed E-state index contributed by atoms with van der Waals surface area (Å²) in [6.45, 7) is 1.80. The number of nitrogens with one attached hydrogen (secondary N) is 2. The minimum atomic E-state index is 0.863. The third-order valence-electron chi connectivity index (χ3n) is 1.42. The fourth-order valence-corrected chi connectivity index (χ4v) is 0.962. The Morgan fingerprint density at radius 3 is 3.10 bits per heavy atom. The zero-order chi connectivity index (χ0) is 6.81. The van der Waals surface area contributed by atoms with Crippen molar-refractivity contribution >= 4 is 5.84 Å². The predicted octanol–water partition coefficient (Wildman–Crippen LogP) is -0.241. The molecule has 0 atom stereocenters. The fraction of sp³-hybridized carbons (Fsp3) is 0.333. The van der Waals surface area contributed by atoms with Gasteiger partial charge in [-0.3, -0.25) is 10.1 Å². The molecule has 0 saturated carbocycles. The lowest BCUT2D eigenvalue weighted by Gasteiger charge is -1.93. The molecule has 2 heterocycles. The van der Waals surface area contributed by atoms with Crippen LogP contribution in [0.25, 0.3) is 0 Å². The summed E-state index contributed by atoms with van der Waals surface area (Å²) in [6.07, 6.45) is 1.79. The number of amidine groups is 1. The molecule has 52 valence electrons. The fourth-order valence-electron chi connectivity index (χ4n) is 0.962. The van der Waals surface area contributed by atoms with Crippen molar-refractivity contribution < 1.29 is 0 Å². The van der Waals surface area contributed by atoms with E-state index in [-0.39, 0.29) is 0 Å². The molecule has 1 aromatic heterocycles. The number of hydrogen-bond acceptors (Lipinski definition) is 3. The van der Waals surface area contributed by atoms with Crippen molar-refractivity contribution in [2.75, 3.05) is 13.1 Å². The number of nitrogens with zero attached hydrogens (tertiary/aromatic N) is 2. The van der Waals surface area contributed by atoms with Gasteiger partial charge >= 0.3 is 0 Å². The third kappa shape index (κ3) is 0.775. The van der Waals surface area contributed by atoms with Gasteiger partial charge in [-0.1, -0.05) is 0 Å². The Labute approximate surface area is 58.4 Å². The largest absolute Gasteiger partial charge is 0.367 e. The van der Waals surface area contributed by atoms with Gasteiger partial charge in [-0.2, -0.15) is 5.10 Å². The monoisotopic (exact) mass is 136 g/mol. The van der Waals surface area contributed by atoms with Gasteiger partial charge in [0.15, 0.2) is 0 Å². The van der Waals surface area contributed by atoms with Crippen LogP contribution < -0.4 is 5.32 Å². The number of H-pyrrole nitrogens is 1. The van der Waals surface area contributed by atoms with Crippen LogP contribution in [-0.2, 0) is 0 Å². The first-order valence-corrected chi connectivity index (χ1v) is 3.25. The van der Waals surface area contributed by atoms with E-state index in [2.05, 4.69) is 20.5 Å². The van der Waals surface area contributed by atoms with Crippen molar-refractivity contribution in [1.82, 2.24) is 15.5 Å². The Kier molecular flexibility index (Phi) is 1.16. The molecule has 2 rings (SSSR count). The Balaban J connectivity index is 2.28. The summed E-state index contributed by atoms with van der Waals surface area (Å²) in [5.41, 5.74) is 0.900. The maximum Gasteiger partial charge on any atom is 0.149 e. The molecule has 1 aliphatic heterocycles. The number of aromatic nitrogens is 2. The Morgan fingerprint density at radius 1 is 1.50 bits per heavy atom. The predicted molar refractivity (Wildman–Crippen MR) is 38.0 cm³/mol. The highest BCUT2D eigenvalue weighted by Crippen LogP contribution is 1.96. The molecule has 0 spiro atoms. The highest BCUT2D eigenvalue weighted by Gasteiger charge is 2.07. The molecule has 0 radical (unpaired) electrons. The van der Waals surface area contributed by atoms with Crippen molar-refractivity contribution in [2.45, 2.75) is 0 Å². The van der Waals surface area contributed by atoms with E-state index in [1.165, 1.54) is 0 Å². The Hall–Kier alpha value is -1.32. The van der Waals surface area contributed by atoms with Crippen molar-refractivity contribution in [3.05, 3.63) is 18.0 Å². The molecule has 0 bridgehead atoms. The lowest BCUT2D eigenvalue weighted by molar-refractivity contribution is 0.956. The summed E-state index contributed by atoms with van der Waals surface area (Å²) < 4.78 is 0. The summed E-state index contributed by atoms with van der Waals surface area (Å²) >= 11 is 0. The third-order valence-corrected chi connectivity index (χ3v) is 1.42. The van der Waals surface area contributed by atoms with Crippen LogP contribution in [0.2, 0.25) is 0 Å². The number of hydrogen-bond donors (Lipinski definition) is 2. The second-order valence-electron chi connectivity index (χ2n) is 2.12. The quantitative estimate of drug-likeness (QED) is 0.559. The van der Waals surface area contributed by atoms with E-state index in [4.69, 9.17) is 0 Å². The Morgan fingerprint density at radius 2 is 2.50 bits per heavy atom. The molecule has 0 amide bonds. The molecule has 0 aromatic carbocycles. The van der Waals surface area contributed by atoms with E-state index < -0.39 is 0 Å². The lowest BCUT2D eigenvalue weighted by atomic mass is 10.4. The van der Waals surface area contributed by atoms with Gasteiger partial charge in [0, 0.05) is 12.7 Å². The molecular weight excluding hydrogens is 128 g/mol. The minimum Gasteiger partial charge on any atom is -0.367 e. The zero-order valence-electron chi connectivity index (χ0n) is 5.46. The van der Waals surface area contributed by atoms with Gasteiger partial charge in [-0.25, -0.2) is 0 Å².